The van der Waals surface area contributed by atoms with Gasteiger partial charge in [-0.2, -0.15) is 0 Å². The van der Waals surface area contributed by atoms with E-state index >= 15 is 0 Å². The lowest BCUT2D eigenvalue weighted by Gasteiger charge is -2.13. The topological polar surface area (TPSA) is 76.7 Å². The van der Waals surface area contributed by atoms with Crippen LogP contribution in [0.25, 0.3) is 0 Å². The van der Waals surface area contributed by atoms with Crippen molar-refractivity contribution in [3.05, 3.63) is 120 Å². The van der Waals surface area contributed by atoms with Gasteiger partial charge in [-0.05, 0) is 48.0 Å². The Bertz CT molecular complexity index is 1260. The summed E-state index contributed by atoms with van der Waals surface area (Å²) in [7, 11) is 0. The summed E-state index contributed by atoms with van der Waals surface area (Å²) in [6, 6.07) is 33.1. The lowest BCUT2D eigenvalue weighted by molar-refractivity contribution is -0.115. The number of carbonyl (C=O) groups excluding carboxylic acids is 2. The van der Waals surface area contributed by atoms with Crippen molar-refractivity contribution in [3.8, 4) is 11.5 Å². The van der Waals surface area contributed by atoms with E-state index in [0.717, 1.165) is 11.3 Å². The average Bonchev–Trinajstić information content (AvgIpc) is 2.88. The molecule has 0 atom stereocenters. The normalized spacial score (nSPS) is 10.3. The van der Waals surface area contributed by atoms with Crippen LogP contribution in [-0.4, -0.2) is 25.0 Å². The van der Waals surface area contributed by atoms with Gasteiger partial charge in [-0.3, -0.25) is 9.59 Å². The zero-order valence-electron chi connectivity index (χ0n) is 19.1. The first kappa shape index (κ1) is 23.6. The molecular weight excluding hydrogens is 440 g/mol. The molecule has 0 saturated heterocycles. The summed E-state index contributed by atoms with van der Waals surface area (Å²) in [5.74, 6) is 0.792. The molecule has 176 valence electrons. The largest absolute Gasteiger partial charge is 0.490 e. The van der Waals surface area contributed by atoms with Gasteiger partial charge in [0.1, 0.15) is 24.7 Å². The van der Waals surface area contributed by atoms with Crippen molar-refractivity contribution < 1.29 is 19.1 Å². The van der Waals surface area contributed by atoms with E-state index in [0.29, 0.717) is 35.9 Å². The molecule has 0 heterocycles. The lowest BCUT2D eigenvalue weighted by Crippen LogP contribution is -2.16. The van der Waals surface area contributed by atoms with Gasteiger partial charge in [-0.15, -0.1) is 0 Å². The Morgan fingerprint density at radius 3 is 2.03 bits per heavy atom. The van der Waals surface area contributed by atoms with Gasteiger partial charge < -0.3 is 20.1 Å². The van der Waals surface area contributed by atoms with Crippen molar-refractivity contribution >= 4 is 23.2 Å². The van der Waals surface area contributed by atoms with Gasteiger partial charge in [0.25, 0.3) is 5.91 Å². The predicted molar refractivity (Wildman–Crippen MR) is 137 cm³/mol. The number of amides is 2. The highest BCUT2D eigenvalue weighted by atomic mass is 16.5. The van der Waals surface area contributed by atoms with Crippen molar-refractivity contribution in [2.45, 2.75) is 6.42 Å². The number of anilines is 2. The molecule has 0 fully saturated rings. The molecule has 0 spiro atoms. The first-order valence-corrected chi connectivity index (χ1v) is 11.3. The molecule has 4 aromatic rings. The second-order valence-corrected chi connectivity index (χ2v) is 7.75. The molecule has 0 saturated carbocycles. The summed E-state index contributed by atoms with van der Waals surface area (Å²) in [6.45, 7) is 0.646. The number of hydrogen-bond donors (Lipinski definition) is 2. The van der Waals surface area contributed by atoms with Crippen LogP contribution in [0.1, 0.15) is 15.9 Å². The molecule has 0 radical (unpaired) electrons. The first-order chi connectivity index (χ1) is 17.2. The number of ether oxygens (including phenoxy) is 2. The maximum Gasteiger partial charge on any atom is 0.259 e. The van der Waals surface area contributed by atoms with E-state index in [4.69, 9.17) is 9.47 Å². The number of rotatable bonds is 10. The highest BCUT2D eigenvalue weighted by Crippen LogP contribution is 2.21. The summed E-state index contributed by atoms with van der Waals surface area (Å²) >= 11 is 0. The summed E-state index contributed by atoms with van der Waals surface area (Å²) in [5, 5.41) is 5.75. The van der Waals surface area contributed by atoms with Crippen LogP contribution in [0.2, 0.25) is 0 Å². The van der Waals surface area contributed by atoms with Crippen molar-refractivity contribution in [2.75, 3.05) is 23.8 Å². The molecule has 0 unspecified atom stereocenters. The third-order valence-corrected chi connectivity index (χ3v) is 5.10. The molecule has 2 amide bonds. The molecule has 6 heteroatoms. The molecule has 4 rings (SSSR count). The first-order valence-electron chi connectivity index (χ1n) is 11.3. The van der Waals surface area contributed by atoms with Crippen LogP contribution in [-0.2, 0) is 11.2 Å². The van der Waals surface area contributed by atoms with Crippen molar-refractivity contribution in [1.82, 2.24) is 0 Å². The van der Waals surface area contributed by atoms with Gasteiger partial charge in [-0.1, -0.05) is 66.7 Å². The van der Waals surface area contributed by atoms with E-state index in [1.54, 1.807) is 42.5 Å². The van der Waals surface area contributed by atoms with Crippen LogP contribution in [0.4, 0.5) is 11.4 Å². The summed E-state index contributed by atoms with van der Waals surface area (Å²) in [6.07, 6.45) is 0.274. The van der Waals surface area contributed by atoms with Gasteiger partial charge in [0.05, 0.1) is 12.0 Å². The summed E-state index contributed by atoms with van der Waals surface area (Å²) in [5.41, 5.74) is 2.51. The number of para-hydroxylation sites is 2. The van der Waals surface area contributed by atoms with Crippen LogP contribution in [0.3, 0.4) is 0 Å². The Hall–Kier alpha value is -4.58. The van der Waals surface area contributed by atoms with E-state index in [1.165, 1.54) is 0 Å². The highest BCUT2D eigenvalue weighted by Gasteiger charge is 2.13. The van der Waals surface area contributed by atoms with Crippen LogP contribution >= 0.6 is 0 Å². The fourth-order valence-corrected chi connectivity index (χ4v) is 3.47. The third kappa shape index (κ3) is 7.20. The second kappa shape index (κ2) is 12.0. The number of carbonyl (C=O) groups is 2. The molecule has 0 bridgehead atoms. The summed E-state index contributed by atoms with van der Waals surface area (Å²) < 4.78 is 11.5. The monoisotopic (exact) mass is 466 g/mol. The van der Waals surface area contributed by atoms with Crippen LogP contribution in [0.15, 0.2) is 109 Å². The Balaban J connectivity index is 1.33. The Morgan fingerprint density at radius 2 is 1.26 bits per heavy atom. The van der Waals surface area contributed by atoms with Crippen LogP contribution < -0.4 is 20.1 Å². The Kier molecular flexibility index (Phi) is 8.11. The zero-order valence-corrected chi connectivity index (χ0v) is 19.1. The minimum absolute atomic E-state index is 0.129. The molecule has 0 aromatic heterocycles. The quantitative estimate of drug-likeness (QED) is 0.299. The van der Waals surface area contributed by atoms with Gasteiger partial charge in [0.2, 0.25) is 5.91 Å². The fourth-order valence-electron chi connectivity index (χ4n) is 3.47. The minimum Gasteiger partial charge on any atom is -0.490 e. The van der Waals surface area contributed by atoms with E-state index in [9.17, 15) is 9.59 Å². The van der Waals surface area contributed by atoms with Crippen LogP contribution in [0, 0.1) is 0 Å². The molecule has 4 aromatic carbocycles. The predicted octanol–water partition coefficient (Wildman–Crippen LogP) is 5.58. The average molecular weight is 467 g/mol. The molecule has 2 N–H and O–H groups in total. The molecule has 0 aliphatic carbocycles. The van der Waals surface area contributed by atoms with E-state index in [-0.39, 0.29) is 18.2 Å². The molecule has 0 aliphatic rings. The lowest BCUT2D eigenvalue weighted by atomic mass is 10.1. The number of hydrogen-bond acceptors (Lipinski definition) is 4. The molecule has 35 heavy (non-hydrogen) atoms. The SMILES string of the molecule is O=C(Cc1ccccc1)Nc1cccc(NC(=O)c2ccccc2OCCOc2ccccc2)c1. The van der Waals surface area contributed by atoms with E-state index < -0.39 is 0 Å². The third-order valence-electron chi connectivity index (χ3n) is 5.10. The second-order valence-electron chi connectivity index (χ2n) is 7.75. The zero-order chi connectivity index (χ0) is 24.3. The minimum atomic E-state index is -0.308. The molecule has 0 aliphatic heterocycles. The smallest absolute Gasteiger partial charge is 0.259 e. The van der Waals surface area contributed by atoms with E-state index in [2.05, 4.69) is 10.6 Å². The maximum atomic E-state index is 13.0. The van der Waals surface area contributed by atoms with Crippen molar-refractivity contribution in [2.24, 2.45) is 0 Å². The number of nitrogens with one attached hydrogen (secondary N) is 2. The van der Waals surface area contributed by atoms with Gasteiger partial charge in [-0.25, -0.2) is 0 Å². The fraction of sp³-hybridized carbons (Fsp3) is 0.103. The summed E-state index contributed by atoms with van der Waals surface area (Å²) in [4.78, 5) is 25.3. The standard InChI is InChI=1S/C29H26N2O4/c32-28(20-22-10-3-1-4-11-22)30-23-12-9-13-24(21-23)31-29(33)26-16-7-8-17-27(26)35-19-18-34-25-14-5-2-6-15-25/h1-17,21H,18-20H2,(H,30,32)(H,31,33). The van der Waals surface area contributed by atoms with Crippen molar-refractivity contribution in [1.29, 1.82) is 0 Å². The highest BCUT2D eigenvalue weighted by molar-refractivity contribution is 6.06. The van der Waals surface area contributed by atoms with Crippen molar-refractivity contribution in [3.63, 3.8) is 0 Å². The maximum absolute atomic E-state index is 13.0. The van der Waals surface area contributed by atoms with Gasteiger partial charge >= 0.3 is 0 Å². The Labute approximate surface area is 204 Å². The van der Waals surface area contributed by atoms with Gasteiger partial charge in [0, 0.05) is 11.4 Å². The Morgan fingerprint density at radius 1 is 0.629 bits per heavy atom. The van der Waals surface area contributed by atoms with E-state index in [1.807, 2.05) is 66.7 Å². The number of benzene rings is 4. The van der Waals surface area contributed by atoms with Crippen LogP contribution in [0.5, 0.6) is 11.5 Å². The molecule has 6 nitrogen and oxygen atoms in total. The molecular formula is C29H26N2O4. The van der Waals surface area contributed by atoms with Gasteiger partial charge in [0.15, 0.2) is 0 Å².